The van der Waals surface area contributed by atoms with Gasteiger partial charge >= 0.3 is 0 Å². The summed E-state index contributed by atoms with van der Waals surface area (Å²) in [5.74, 6) is 22.9. The minimum absolute atomic E-state index is 0. The second kappa shape index (κ2) is 171. The molecule has 601 valence electrons. The van der Waals surface area contributed by atoms with Crippen molar-refractivity contribution in [1.82, 2.24) is 6.15 Å². The molecule has 1 aliphatic rings. The van der Waals surface area contributed by atoms with E-state index < -0.39 is 0 Å². The molecular formula is C35H215B5N21O21. The predicted molar refractivity (Wildman–Crippen MR) is 427 cm³/mol. The summed E-state index contributed by atoms with van der Waals surface area (Å²) < 4.78 is 0. The molecule has 0 aromatic carbocycles. The van der Waals surface area contributed by atoms with Crippen molar-refractivity contribution in [1.29, 1.82) is 32.9 Å². The molecule has 0 amide bonds. The standard InChI is InChI=1S/C15H30.2C7H16.C3H4.C2H2.CH4.B3.B2.H2N6.H3N5.H4N4.HN3.N2.H3N.H2O6.H2O5.H2O4.H2O3.O2.H2O.60H2/c1-10(2)13-7-14(11(3)4)9-15(8-13)12(5)6;2*1-4-7(5-2)6-3;1-3-2;1-2;;1-3-2;1-2;1-3-5-6-4-2;1-3-5-4-2;1-3-4-2;1-3-2;1-2;;1-3-5-6-4-2;1-3-5-4-2;1-3-4-2;1-3-2;1-2;;;;;;;;;;;;;;;;;;;;;;;;;;;;;;;;;;;;;;;;;;;;;;;;;;;;;;;;;;;;;/h10-15H,7-9H2,1-6H3;2*7H,4-6H2,1-3H3;1H,2H3;1-2H;1H4;;;1-2H;(H3,1,2,5);(H2,1,4)(H2,2,3);1H;;1H3;1-2H;1-2H;1-2H;1-2H;;1H2;60*1H/b;;;;;;;;3-1?,4-2?,6-5+;;;;;;;;;;;;;;;;;;;;;;;;;;;;;;;;;;;;;;;;;;;;;;;;;;;;;;;;;;;;;;;;;;;;;;;. The average molecular weight is 1320 g/mol. The zero-order chi connectivity index (χ0) is 66.5. The lowest BCUT2D eigenvalue weighted by atomic mass is 9.40. The summed E-state index contributed by atoms with van der Waals surface area (Å²) in [6, 6.07) is 0. The van der Waals surface area contributed by atoms with Crippen LogP contribution in [-0.4, -0.2) is 85.5 Å². The molecule has 23 N–H and O–H groups in total. The Labute approximate surface area is 575 Å². The normalized spacial score (nSPS) is 11.6. The summed E-state index contributed by atoms with van der Waals surface area (Å²) >= 11 is 0. The van der Waals surface area contributed by atoms with E-state index in [0.29, 0.717) is 0 Å². The van der Waals surface area contributed by atoms with E-state index in [0.717, 1.165) is 54.4 Å². The van der Waals surface area contributed by atoms with Crippen LogP contribution in [0.5, 0.6) is 0 Å². The van der Waals surface area contributed by atoms with Crippen molar-refractivity contribution in [3.8, 4) is 25.2 Å². The molecule has 0 aliphatic heterocycles. The van der Waals surface area contributed by atoms with Gasteiger partial charge in [-0.15, -0.1) is 30.7 Å². The van der Waals surface area contributed by atoms with Gasteiger partial charge in [0.05, 0.1) is 0 Å². The minimum Gasteiger partial charge on any atom is -0.412 e. The van der Waals surface area contributed by atoms with Gasteiger partial charge in [-0.2, -0.15) is 16.6 Å². The highest BCUT2D eigenvalue weighted by Crippen LogP contribution is 2.42. The fraction of sp³-hybridized carbons (Fsp3) is 0.886. The first kappa shape index (κ1) is 132. The summed E-state index contributed by atoms with van der Waals surface area (Å²) in [6.07, 6.45) is 25.2. The molecule has 0 spiro atoms. The Morgan fingerprint density at radius 1 is 0.610 bits per heavy atom. The van der Waals surface area contributed by atoms with Crippen LogP contribution in [0.15, 0.2) is 47.0 Å². The first-order chi connectivity index (χ1) is 37.7. The summed E-state index contributed by atoms with van der Waals surface area (Å²) in [5.41, 5.74) is 30.0. The number of hydrogen-bond acceptors (Lipinski definition) is 30. The molecule has 47 heteroatoms. The number of rotatable bonds is 18. The zero-order valence-electron chi connectivity index (χ0n) is 48.3. The van der Waals surface area contributed by atoms with Gasteiger partial charge in [-0.25, -0.2) is 42.1 Å². The lowest BCUT2D eigenvalue weighted by Gasteiger charge is -2.40. The summed E-state index contributed by atoms with van der Waals surface area (Å²) in [5, 5.41) is 118. The molecule has 82 heavy (non-hydrogen) atoms. The van der Waals surface area contributed by atoms with Crippen LogP contribution in [0.2, 0.25) is 0 Å². The maximum Gasteiger partial charge on any atom is 0 e. The third-order valence-corrected chi connectivity index (χ3v) is 8.58. The van der Waals surface area contributed by atoms with Crippen molar-refractivity contribution in [3.63, 3.8) is 0 Å². The van der Waals surface area contributed by atoms with Gasteiger partial charge in [0.25, 0.3) is 0 Å². The maximum atomic E-state index is 7.16. The molecule has 9 radical (unpaired) electrons. The number of nitrogens with one attached hydrogen (secondary N) is 4. The first-order valence-electron chi connectivity index (χ1n) is 21.6. The van der Waals surface area contributed by atoms with Crippen molar-refractivity contribution in [3.05, 3.63) is 20.4 Å². The van der Waals surface area contributed by atoms with Crippen LogP contribution in [0, 0.1) is 115 Å². The zero-order valence-corrected chi connectivity index (χ0v) is 48.3. The Morgan fingerprint density at radius 3 is 0.829 bits per heavy atom. The predicted octanol–water partition coefficient (Wildman–Crippen LogP) is 25.5. The first-order valence-corrected chi connectivity index (χ1v) is 21.6. The van der Waals surface area contributed by atoms with Gasteiger partial charge in [0.1, 0.15) is 0 Å². The topological polar surface area (TPSA) is 723 Å². The average Bonchev–Trinajstić information content (AvgIpc) is 3.47. The number of hydrogen-bond donors (Lipinski definition) is 16. The fourth-order valence-corrected chi connectivity index (χ4v) is 4.92. The molecule has 0 unspecified atom stereocenters. The molecule has 0 heterocycles. The van der Waals surface area contributed by atoms with Gasteiger partial charge in [-0.3, -0.25) is 0 Å². The van der Waals surface area contributed by atoms with E-state index in [-0.39, 0.29) is 105 Å². The van der Waals surface area contributed by atoms with Crippen LogP contribution in [0.3, 0.4) is 0 Å². The number of nitrogens with zero attached hydrogens (tertiary/aromatic N) is 13. The van der Waals surface area contributed by atoms with Crippen molar-refractivity contribution in [2.24, 2.45) is 112 Å². The molecule has 42 nitrogen and oxygen atoms in total. The second-order valence-corrected chi connectivity index (χ2v) is 13.1. The highest BCUT2D eigenvalue weighted by atomic mass is 17.8. The van der Waals surface area contributed by atoms with Crippen molar-refractivity contribution < 1.29 is 184 Å². The van der Waals surface area contributed by atoms with Gasteiger partial charge in [0.15, 0.2) is 0 Å². The van der Waals surface area contributed by atoms with E-state index in [9.17, 15) is 0 Å². The molecule has 0 aromatic rings. The van der Waals surface area contributed by atoms with E-state index in [1.807, 2.05) is 0 Å². The van der Waals surface area contributed by atoms with Crippen molar-refractivity contribution in [2.75, 3.05) is 0 Å². The third kappa shape index (κ3) is 224. The highest BCUT2D eigenvalue weighted by Gasteiger charge is 2.32. The maximum absolute atomic E-state index is 7.16. The van der Waals surface area contributed by atoms with E-state index in [4.69, 9.17) is 90.4 Å². The summed E-state index contributed by atoms with van der Waals surface area (Å²) in [6.45, 7) is 29.7. The van der Waals surface area contributed by atoms with E-state index in [1.54, 1.807) is 11.8 Å². The molecule has 0 aromatic heterocycles. The Kier molecular flexibility index (Phi) is 274. The van der Waals surface area contributed by atoms with E-state index >= 15 is 0 Å². The van der Waals surface area contributed by atoms with E-state index in [2.05, 4.69) is 254 Å². The van der Waals surface area contributed by atoms with Crippen molar-refractivity contribution >= 4 is 38.0 Å². The van der Waals surface area contributed by atoms with E-state index in [1.165, 1.54) is 57.8 Å². The van der Waals surface area contributed by atoms with Crippen LogP contribution in [0.1, 0.15) is 241 Å². The van der Waals surface area contributed by atoms with Gasteiger partial charge in [0, 0.05) is 144 Å². The number of nitrogens with two attached hydrogens (primary N) is 3. The molecule has 1 fully saturated rings. The van der Waals surface area contributed by atoms with Crippen LogP contribution >= 0.6 is 0 Å². The number of terminal acetylenes is 2. The Hall–Kier alpha value is -6.03. The Bertz CT molecular complexity index is 1250. The lowest BCUT2D eigenvalue weighted by Crippen LogP contribution is -2.30. The van der Waals surface area contributed by atoms with Gasteiger partial charge < -0.3 is 29.2 Å². The molecule has 1 saturated carbocycles. The molecule has 1 rings (SSSR count). The smallest absolute Gasteiger partial charge is 0 e. The van der Waals surface area contributed by atoms with Gasteiger partial charge in [-0.1, -0.05) is 150 Å². The Morgan fingerprint density at radius 2 is 0.780 bits per heavy atom. The fourth-order valence-electron chi connectivity index (χ4n) is 4.92. The monoisotopic (exact) mass is 1320 g/mol. The minimum atomic E-state index is 0. The lowest BCUT2D eigenvalue weighted by molar-refractivity contribution is -0.749. The SMILES string of the molecule is C.C#C.C#CC.CC(C)C1CC(C(C)C)CC(C(C)C)C1.CCC(CC)CC.CCC(CC)CC.N.N#N.N/N=N/N.N=N/N=N/N.N=N/N=N/N=N.O.O=O.OOO.OOOO.OOOOO.OOOOOO.[B][B].[B][B][B].[HH].[HH].[HH].[HH].[HH].[HH].[HH].[HH].[HH].[HH].[HH].[HH].[HH].[HH].[HH].[HH].[HH].[HH].[HH].[HH].[HH].[HH].[HH].[HH].[HH].[HH].[HH].[HH].[HH].[HH].[HH].[HH].[HH].[HH].[HH].[HH].[HH].[HH].[HH].[HH].[HH].[HH].[HH].[HH].[HH].[HH].[HH].[HH].[HH].[HH].[HH].[HH].[HH].[HH].[HH].[HH].[HH].[HH].[HH].[HH].[N-]=[N+]=N. The Balaban J connectivity index is -0.00000000383. The van der Waals surface area contributed by atoms with Crippen LogP contribution < -0.4 is 23.7 Å². The summed E-state index contributed by atoms with van der Waals surface area (Å²) in [7, 11) is 18.0. The van der Waals surface area contributed by atoms with Crippen LogP contribution in [-0.2, 0) is 50.4 Å². The van der Waals surface area contributed by atoms with Gasteiger partial charge in [-0.05, 0) is 161 Å². The largest absolute Gasteiger partial charge is 0.412 e. The molecule has 0 atom stereocenters. The molecule has 1 aliphatic carbocycles. The summed E-state index contributed by atoms with van der Waals surface area (Å²) in [4.78, 5) is 15.8. The van der Waals surface area contributed by atoms with Crippen LogP contribution in [0.4, 0.5) is 0 Å². The third-order valence-electron chi connectivity index (χ3n) is 8.58. The highest BCUT2D eigenvalue weighted by molar-refractivity contribution is 7.17. The quantitative estimate of drug-likeness (QED) is 0.00579. The van der Waals surface area contributed by atoms with Gasteiger partial charge in [0.2, 0.25) is 0 Å². The second-order valence-electron chi connectivity index (χ2n) is 13.1. The molecular weight excluding hydrogens is 1100 g/mol. The van der Waals surface area contributed by atoms with Crippen molar-refractivity contribution in [2.45, 2.75) is 155 Å². The van der Waals surface area contributed by atoms with Crippen LogP contribution in [0.25, 0.3) is 10.4 Å². The molecule has 0 bridgehead atoms. The molecule has 0 saturated heterocycles.